The molecule has 0 bridgehead atoms. The van der Waals surface area contributed by atoms with Crippen molar-refractivity contribution in [3.8, 4) is 5.75 Å². The van der Waals surface area contributed by atoms with E-state index in [4.69, 9.17) is 16.3 Å². The highest BCUT2D eigenvalue weighted by Gasteiger charge is 2.30. The van der Waals surface area contributed by atoms with Gasteiger partial charge in [0, 0.05) is 13.5 Å². The van der Waals surface area contributed by atoms with Crippen molar-refractivity contribution in [3.63, 3.8) is 0 Å². The van der Waals surface area contributed by atoms with Gasteiger partial charge < -0.3 is 4.74 Å². The topological polar surface area (TPSA) is 82.9 Å². The number of aromatic nitrogens is 1. The molecule has 1 saturated heterocycles. The van der Waals surface area contributed by atoms with Crippen LogP contribution in [-0.4, -0.2) is 32.4 Å². The molecule has 0 amide bonds. The van der Waals surface area contributed by atoms with E-state index in [1.54, 1.807) is 6.07 Å². The van der Waals surface area contributed by atoms with E-state index >= 15 is 0 Å². The van der Waals surface area contributed by atoms with E-state index in [-0.39, 0.29) is 10.9 Å². The number of esters is 1. The summed E-state index contributed by atoms with van der Waals surface area (Å²) in [5.74, 6) is 0.367. The highest BCUT2D eigenvalue weighted by Crippen LogP contribution is 2.50. The van der Waals surface area contributed by atoms with Crippen LogP contribution >= 0.6 is 22.4 Å². The summed E-state index contributed by atoms with van der Waals surface area (Å²) in [6, 6.07) is 3.03. The fourth-order valence-electron chi connectivity index (χ4n) is 1.70. The number of ether oxygens (including phenoxy) is 1. The lowest BCUT2D eigenvalue weighted by Crippen LogP contribution is -2.22. The molecule has 100 valence electrons. The first-order valence-corrected chi connectivity index (χ1v) is 7.34. The van der Waals surface area contributed by atoms with Gasteiger partial charge in [0.15, 0.2) is 10.9 Å². The van der Waals surface area contributed by atoms with Gasteiger partial charge in [-0.3, -0.25) is 18.2 Å². The molecule has 1 aromatic heterocycles. The van der Waals surface area contributed by atoms with Crippen molar-refractivity contribution in [2.24, 2.45) is 0 Å². The first-order valence-electron chi connectivity index (χ1n) is 5.29. The maximum absolute atomic E-state index is 10.8. The predicted molar refractivity (Wildman–Crippen MR) is 70.2 cm³/mol. The summed E-state index contributed by atoms with van der Waals surface area (Å²) < 4.78 is 25.9. The molecule has 18 heavy (non-hydrogen) atoms. The lowest BCUT2D eigenvalue weighted by Gasteiger charge is -2.37. The van der Waals surface area contributed by atoms with E-state index in [0.717, 1.165) is 0 Å². The monoisotopic (exact) mass is 292 g/mol. The third-order valence-corrected chi connectivity index (χ3v) is 4.62. The number of pyridine rings is 1. The van der Waals surface area contributed by atoms with Crippen LogP contribution in [0, 0.1) is 0 Å². The Labute approximate surface area is 111 Å². The molecule has 0 aliphatic carbocycles. The summed E-state index contributed by atoms with van der Waals surface area (Å²) in [6.45, 7) is 1.78. The molecule has 0 unspecified atom stereocenters. The number of hydrogen-bond acceptors (Lipinski definition) is 6. The highest BCUT2D eigenvalue weighted by atomic mass is 35.5. The van der Waals surface area contributed by atoms with Crippen LogP contribution in [0.2, 0.25) is 5.15 Å². The number of rotatable bonds is 2. The van der Waals surface area contributed by atoms with Crippen LogP contribution in [0.4, 0.5) is 5.82 Å². The summed E-state index contributed by atoms with van der Waals surface area (Å²) in [6.07, 6.45) is 0.688. The molecule has 1 aliphatic rings. The SMILES string of the molecule is CC(=O)Oc1ccc(N2CCCS2(O)O)nc1Cl. The number of hydrogen-bond donors (Lipinski definition) is 2. The minimum absolute atomic E-state index is 0.0183. The largest absolute Gasteiger partial charge is 0.423 e. The Morgan fingerprint density at radius 2 is 2.28 bits per heavy atom. The predicted octanol–water partition coefficient (Wildman–Crippen LogP) is 2.54. The molecule has 0 spiro atoms. The van der Waals surface area contributed by atoms with E-state index in [1.807, 2.05) is 0 Å². The average Bonchev–Trinajstić information content (AvgIpc) is 2.60. The molecule has 0 atom stereocenters. The van der Waals surface area contributed by atoms with E-state index in [9.17, 15) is 13.9 Å². The zero-order chi connectivity index (χ0) is 13.3. The second kappa shape index (κ2) is 4.93. The van der Waals surface area contributed by atoms with Gasteiger partial charge in [-0.25, -0.2) is 4.98 Å². The van der Waals surface area contributed by atoms with Crippen molar-refractivity contribution >= 4 is 34.2 Å². The summed E-state index contributed by atoms with van der Waals surface area (Å²) in [5, 5.41) is 0.0183. The quantitative estimate of drug-likeness (QED) is 0.644. The van der Waals surface area contributed by atoms with Gasteiger partial charge in [-0.1, -0.05) is 11.6 Å². The number of nitrogens with zero attached hydrogens (tertiary/aromatic N) is 2. The second-order valence-electron chi connectivity index (χ2n) is 3.84. The Kier molecular flexibility index (Phi) is 3.67. The Bertz CT molecular complexity index is 483. The van der Waals surface area contributed by atoms with Crippen LogP contribution < -0.4 is 9.04 Å². The van der Waals surface area contributed by atoms with Gasteiger partial charge in [0.1, 0.15) is 5.82 Å². The van der Waals surface area contributed by atoms with E-state index in [0.29, 0.717) is 24.5 Å². The van der Waals surface area contributed by atoms with Crippen LogP contribution in [0.5, 0.6) is 5.75 Å². The Morgan fingerprint density at radius 3 is 2.78 bits per heavy atom. The van der Waals surface area contributed by atoms with Crippen molar-refractivity contribution in [1.29, 1.82) is 0 Å². The maximum atomic E-state index is 10.8. The van der Waals surface area contributed by atoms with Gasteiger partial charge in [0.05, 0.1) is 5.75 Å². The van der Waals surface area contributed by atoms with Crippen molar-refractivity contribution < 1.29 is 18.6 Å². The van der Waals surface area contributed by atoms with Gasteiger partial charge in [-0.15, -0.1) is 10.8 Å². The molecule has 2 N–H and O–H groups in total. The number of anilines is 1. The van der Waals surface area contributed by atoms with Crippen molar-refractivity contribution in [1.82, 2.24) is 4.98 Å². The fraction of sp³-hybridized carbons (Fsp3) is 0.400. The molecule has 2 rings (SSSR count). The van der Waals surface area contributed by atoms with Crippen molar-refractivity contribution in [3.05, 3.63) is 17.3 Å². The molecular weight excluding hydrogens is 280 g/mol. The first kappa shape index (κ1) is 13.4. The lowest BCUT2D eigenvalue weighted by atomic mass is 10.4. The van der Waals surface area contributed by atoms with E-state index in [2.05, 4.69) is 4.98 Å². The van der Waals surface area contributed by atoms with Crippen molar-refractivity contribution in [2.75, 3.05) is 16.6 Å². The lowest BCUT2D eigenvalue weighted by molar-refractivity contribution is -0.131. The van der Waals surface area contributed by atoms with Gasteiger partial charge in [-0.2, -0.15) is 0 Å². The summed E-state index contributed by atoms with van der Waals surface area (Å²) in [5.41, 5.74) is 0. The smallest absolute Gasteiger partial charge is 0.308 e. The number of carbonyl (C=O) groups excluding carboxylic acids is 1. The Balaban J connectivity index is 2.26. The van der Waals surface area contributed by atoms with Gasteiger partial charge in [0.2, 0.25) is 0 Å². The minimum Gasteiger partial charge on any atom is -0.423 e. The number of halogens is 1. The zero-order valence-corrected chi connectivity index (χ0v) is 11.2. The molecule has 2 heterocycles. The molecule has 6 nitrogen and oxygen atoms in total. The molecule has 0 saturated carbocycles. The van der Waals surface area contributed by atoms with Crippen LogP contribution in [0.1, 0.15) is 13.3 Å². The Hall–Kier alpha value is -1.02. The molecule has 1 aromatic rings. The van der Waals surface area contributed by atoms with Crippen molar-refractivity contribution in [2.45, 2.75) is 13.3 Å². The zero-order valence-electron chi connectivity index (χ0n) is 9.67. The second-order valence-corrected chi connectivity index (χ2v) is 6.32. The Morgan fingerprint density at radius 1 is 1.56 bits per heavy atom. The normalized spacial score (nSPS) is 19.7. The highest BCUT2D eigenvalue weighted by molar-refractivity contribution is 8.25. The van der Waals surface area contributed by atoms with Gasteiger partial charge in [-0.05, 0) is 18.6 Å². The van der Waals surface area contributed by atoms with E-state index in [1.165, 1.54) is 17.3 Å². The molecule has 1 fully saturated rings. The molecule has 8 heteroatoms. The third-order valence-electron chi connectivity index (χ3n) is 2.44. The van der Waals surface area contributed by atoms with Crippen LogP contribution in [0.15, 0.2) is 12.1 Å². The molecule has 0 radical (unpaired) electrons. The van der Waals surface area contributed by atoms with Crippen LogP contribution in [0.25, 0.3) is 0 Å². The summed E-state index contributed by atoms with van der Waals surface area (Å²) in [7, 11) is -2.79. The first-order chi connectivity index (χ1) is 8.40. The average molecular weight is 293 g/mol. The van der Waals surface area contributed by atoms with E-state index < -0.39 is 16.7 Å². The third kappa shape index (κ3) is 2.69. The standard InChI is InChI=1S/C10H13ClN2O4S/c1-7(14)17-8-3-4-9(12-10(8)11)13-5-2-6-18(13,15)16/h3-4,15-16H,2,5-6H2,1H3. The summed E-state index contributed by atoms with van der Waals surface area (Å²) in [4.78, 5) is 14.8. The fourth-order valence-corrected chi connectivity index (χ4v) is 3.45. The van der Waals surface area contributed by atoms with Crippen LogP contribution in [0.3, 0.4) is 0 Å². The maximum Gasteiger partial charge on any atom is 0.308 e. The number of carbonyl (C=O) groups is 1. The molecule has 0 aromatic carbocycles. The minimum atomic E-state index is -2.79. The van der Waals surface area contributed by atoms with Crippen LogP contribution in [-0.2, 0) is 4.79 Å². The van der Waals surface area contributed by atoms with Gasteiger partial charge >= 0.3 is 5.97 Å². The molecular formula is C10H13ClN2O4S. The molecule has 1 aliphatic heterocycles. The van der Waals surface area contributed by atoms with Gasteiger partial charge in [0.25, 0.3) is 0 Å². The summed E-state index contributed by atoms with van der Waals surface area (Å²) >= 11 is 5.88.